The quantitative estimate of drug-likeness (QED) is 0.517. The second-order valence-corrected chi connectivity index (χ2v) is 6.42. The molecule has 3 aromatic carbocycles. The van der Waals surface area contributed by atoms with E-state index in [4.69, 9.17) is 0 Å². The van der Waals surface area contributed by atoms with Crippen LogP contribution in [0.3, 0.4) is 0 Å². The lowest BCUT2D eigenvalue weighted by molar-refractivity contribution is 0.617. The summed E-state index contributed by atoms with van der Waals surface area (Å²) in [5.74, 6) is 0.967. The Kier molecular flexibility index (Phi) is 4.92. The van der Waals surface area contributed by atoms with Crippen molar-refractivity contribution in [2.45, 2.75) is 32.1 Å². The van der Waals surface area contributed by atoms with Gasteiger partial charge in [-0.2, -0.15) is 0 Å². The molecule has 3 aromatic rings. The molecule has 0 heteroatoms. The lowest BCUT2D eigenvalue weighted by Crippen LogP contribution is -2.06. The SMILES string of the molecule is Cc1ccc(C(CC(C)c2ccccc2)c2ccccc2)cc1. The average molecular weight is 300 g/mol. The molecule has 0 nitrogen and oxygen atoms in total. The topological polar surface area (TPSA) is 0 Å². The molecule has 0 aliphatic rings. The van der Waals surface area contributed by atoms with Crippen LogP contribution < -0.4 is 0 Å². The first-order valence-electron chi connectivity index (χ1n) is 8.40. The molecule has 0 amide bonds. The van der Waals surface area contributed by atoms with E-state index in [9.17, 15) is 0 Å². The minimum absolute atomic E-state index is 0.437. The smallest absolute Gasteiger partial charge is 0.00950 e. The summed E-state index contributed by atoms with van der Waals surface area (Å²) in [7, 11) is 0. The maximum absolute atomic E-state index is 2.33. The number of rotatable bonds is 5. The van der Waals surface area contributed by atoms with Crippen molar-refractivity contribution in [2.75, 3.05) is 0 Å². The summed E-state index contributed by atoms with van der Waals surface area (Å²) in [5, 5.41) is 0. The lowest BCUT2D eigenvalue weighted by Gasteiger charge is -2.22. The minimum atomic E-state index is 0.437. The van der Waals surface area contributed by atoms with Crippen molar-refractivity contribution >= 4 is 0 Å². The largest absolute Gasteiger partial charge is 0.0622 e. The molecule has 3 rings (SSSR count). The third-order valence-corrected chi connectivity index (χ3v) is 4.64. The molecule has 0 N–H and O–H groups in total. The molecule has 0 bridgehead atoms. The molecule has 0 saturated carbocycles. The van der Waals surface area contributed by atoms with Crippen molar-refractivity contribution in [3.63, 3.8) is 0 Å². The third kappa shape index (κ3) is 3.90. The first-order valence-corrected chi connectivity index (χ1v) is 8.40. The van der Waals surface area contributed by atoms with Gasteiger partial charge >= 0.3 is 0 Å². The standard InChI is InChI=1S/C23H24/c1-18-13-15-22(16-14-18)23(21-11-7-4-8-12-21)17-19(2)20-9-5-3-6-10-20/h3-16,19,23H,17H2,1-2H3. The number of hydrogen-bond donors (Lipinski definition) is 0. The van der Waals surface area contributed by atoms with Crippen LogP contribution in [0.1, 0.15) is 47.4 Å². The van der Waals surface area contributed by atoms with Gasteiger partial charge in [-0.3, -0.25) is 0 Å². The highest BCUT2D eigenvalue weighted by atomic mass is 14.2. The Hall–Kier alpha value is -2.34. The van der Waals surface area contributed by atoms with Gasteiger partial charge in [-0.15, -0.1) is 0 Å². The van der Waals surface area contributed by atoms with E-state index in [1.807, 2.05) is 0 Å². The molecule has 0 heterocycles. The normalized spacial score (nSPS) is 13.5. The van der Waals surface area contributed by atoms with Gasteiger partial charge in [0.15, 0.2) is 0 Å². The molecule has 0 saturated heterocycles. The molecule has 0 aliphatic heterocycles. The van der Waals surface area contributed by atoms with Crippen molar-refractivity contribution < 1.29 is 0 Å². The first kappa shape index (κ1) is 15.6. The molecule has 23 heavy (non-hydrogen) atoms. The van der Waals surface area contributed by atoms with E-state index in [1.54, 1.807) is 0 Å². The van der Waals surface area contributed by atoms with Crippen LogP contribution in [0.5, 0.6) is 0 Å². The van der Waals surface area contributed by atoms with Crippen molar-refractivity contribution in [2.24, 2.45) is 0 Å². The summed E-state index contributed by atoms with van der Waals surface area (Å²) in [6, 6.07) is 30.7. The predicted molar refractivity (Wildman–Crippen MR) is 98.9 cm³/mol. The van der Waals surface area contributed by atoms with Crippen LogP contribution in [0, 0.1) is 6.92 Å². The van der Waals surface area contributed by atoms with Crippen molar-refractivity contribution in [3.05, 3.63) is 107 Å². The molecule has 0 aromatic heterocycles. The number of benzene rings is 3. The van der Waals surface area contributed by atoms with Crippen molar-refractivity contribution in [3.8, 4) is 0 Å². The lowest BCUT2D eigenvalue weighted by atomic mass is 9.82. The summed E-state index contributed by atoms with van der Waals surface area (Å²) < 4.78 is 0. The Morgan fingerprint density at radius 3 is 1.65 bits per heavy atom. The molecular formula is C23H24. The molecule has 2 unspecified atom stereocenters. The molecule has 0 fully saturated rings. The Bertz CT molecular complexity index is 711. The second-order valence-electron chi connectivity index (χ2n) is 6.42. The summed E-state index contributed by atoms with van der Waals surface area (Å²) >= 11 is 0. The van der Waals surface area contributed by atoms with Crippen LogP contribution >= 0.6 is 0 Å². The molecule has 116 valence electrons. The van der Waals surface area contributed by atoms with E-state index in [2.05, 4.69) is 98.8 Å². The van der Waals surface area contributed by atoms with Crippen molar-refractivity contribution in [1.29, 1.82) is 0 Å². The van der Waals surface area contributed by atoms with Crippen LogP contribution in [-0.4, -0.2) is 0 Å². The predicted octanol–water partition coefficient (Wildman–Crippen LogP) is 6.32. The van der Waals surface area contributed by atoms with Gasteiger partial charge in [0.05, 0.1) is 0 Å². The molecule has 0 spiro atoms. The Labute approximate surface area is 139 Å². The highest BCUT2D eigenvalue weighted by Crippen LogP contribution is 2.34. The second kappa shape index (κ2) is 7.28. The molecule has 0 radical (unpaired) electrons. The van der Waals surface area contributed by atoms with E-state index in [1.165, 1.54) is 22.3 Å². The van der Waals surface area contributed by atoms with Gasteiger partial charge in [0.1, 0.15) is 0 Å². The maximum Gasteiger partial charge on any atom is 0.00950 e. The zero-order valence-corrected chi connectivity index (χ0v) is 13.9. The van der Waals surface area contributed by atoms with Crippen LogP contribution in [0.25, 0.3) is 0 Å². The number of hydrogen-bond acceptors (Lipinski definition) is 0. The summed E-state index contributed by atoms with van der Waals surface area (Å²) in [5.41, 5.74) is 5.54. The van der Waals surface area contributed by atoms with Gasteiger partial charge in [0.25, 0.3) is 0 Å². The van der Waals surface area contributed by atoms with Gasteiger partial charge in [-0.05, 0) is 36.0 Å². The molecular weight excluding hydrogens is 276 g/mol. The zero-order chi connectivity index (χ0) is 16.1. The van der Waals surface area contributed by atoms with Gasteiger partial charge in [0.2, 0.25) is 0 Å². The van der Waals surface area contributed by atoms with Crippen LogP contribution in [0.4, 0.5) is 0 Å². The Balaban J connectivity index is 1.91. The van der Waals surface area contributed by atoms with E-state index in [0.717, 1.165) is 6.42 Å². The zero-order valence-electron chi connectivity index (χ0n) is 13.9. The van der Waals surface area contributed by atoms with Gasteiger partial charge in [-0.1, -0.05) is 97.4 Å². The monoisotopic (exact) mass is 300 g/mol. The van der Waals surface area contributed by atoms with Crippen LogP contribution in [0.2, 0.25) is 0 Å². The van der Waals surface area contributed by atoms with Crippen LogP contribution in [0.15, 0.2) is 84.9 Å². The third-order valence-electron chi connectivity index (χ3n) is 4.64. The minimum Gasteiger partial charge on any atom is -0.0622 e. The van der Waals surface area contributed by atoms with Crippen LogP contribution in [-0.2, 0) is 0 Å². The van der Waals surface area contributed by atoms with E-state index < -0.39 is 0 Å². The Morgan fingerprint density at radius 1 is 0.609 bits per heavy atom. The van der Waals surface area contributed by atoms with E-state index in [-0.39, 0.29) is 0 Å². The maximum atomic E-state index is 2.33. The number of aryl methyl sites for hydroxylation is 1. The fourth-order valence-corrected chi connectivity index (χ4v) is 3.22. The van der Waals surface area contributed by atoms with E-state index in [0.29, 0.717) is 11.8 Å². The highest BCUT2D eigenvalue weighted by molar-refractivity contribution is 5.35. The highest BCUT2D eigenvalue weighted by Gasteiger charge is 2.18. The fraction of sp³-hybridized carbons (Fsp3) is 0.217. The summed E-state index contributed by atoms with van der Waals surface area (Å²) in [4.78, 5) is 0. The average Bonchev–Trinajstić information content (AvgIpc) is 2.62. The van der Waals surface area contributed by atoms with Gasteiger partial charge in [0, 0.05) is 5.92 Å². The van der Waals surface area contributed by atoms with Gasteiger partial charge < -0.3 is 0 Å². The van der Waals surface area contributed by atoms with E-state index >= 15 is 0 Å². The van der Waals surface area contributed by atoms with Gasteiger partial charge in [-0.25, -0.2) is 0 Å². The van der Waals surface area contributed by atoms with Crippen molar-refractivity contribution in [1.82, 2.24) is 0 Å². The summed E-state index contributed by atoms with van der Waals surface area (Å²) in [6.45, 7) is 4.48. The molecule has 0 aliphatic carbocycles. The Morgan fingerprint density at radius 2 is 1.09 bits per heavy atom. The molecule has 2 atom stereocenters. The fourth-order valence-electron chi connectivity index (χ4n) is 3.22. The summed E-state index contributed by atoms with van der Waals surface area (Å²) in [6.07, 6.45) is 1.12. The first-order chi connectivity index (χ1) is 11.2.